The normalized spacial score (nSPS) is 12.9. The molecule has 0 amide bonds. The Morgan fingerprint density at radius 1 is 1.83 bits per heavy atom. The molecule has 1 unspecified atom stereocenters. The highest BCUT2D eigenvalue weighted by atomic mass is 15.4. The molecule has 0 bridgehead atoms. The molecule has 1 aromatic heterocycles. The van der Waals surface area contributed by atoms with Gasteiger partial charge in [0, 0.05) is 7.05 Å². The standard InChI is InChI=1S/C8H14N4/c1-6(2)4-7(9)8-5-10-12(3)11-8/h5,7H,1,4,9H2,2-3H3. The molecule has 0 saturated heterocycles. The topological polar surface area (TPSA) is 56.7 Å². The Morgan fingerprint density at radius 2 is 2.50 bits per heavy atom. The van der Waals surface area contributed by atoms with Crippen molar-refractivity contribution in [1.82, 2.24) is 15.0 Å². The van der Waals surface area contributed by atoms with Crippen LogP contribution in [-0.2, 0) is 7.05 Å². The molecule has 0 saturated carbocycles. The van der Waals surface area contributed by atoms with Crippen LogP contribution in [0.1, 0.15) is 25.1 Å². The summed E-state index contributed by atoms with van der Waals surface area (Å²) in [6.07, 6.45) is 2.45. The Balaban J connectivity index is 2.64. The van der Waals surface area contributed by atoms with E-state index in [1.807, 2.05) is 6.92 Å². The fourth-order valence-electron chi connectivity index (χ4n) is 1.01. The molecule has 0 aliphatic rings. The Labute approximate surface area is 72.1 Å². The maximum atomic E-state index is 5.83. The number of aryl methyl sites for hydroxylation is 1. The maximum absolute atomic E-state index is 5.83. The van der Waals surface area contributed by atoms with Crippen molar-refractivity contribution < 1.29 is 0 Å². The zero-order valence-corrected chi connectivity index (χ0v) is 7.49. The van der Waals surface area contributed by atoms with Crippen LogP contribution < -0.4 is 5.73 Å². The highest BCUT2D eigenvalue weighted by Gasteiger charge is 2.08. The van der Waals surface area contributed by atoms with Gasteiger partial charge in [0.15, 0.2) is 0 Å². The second kappa shape index (κ2) is 3.49. The summed E-state index contributed by atoms with van der Waals surface area (Å²) in [5.41, 5.74) is 7.72. The summed E-state index contributed by atoms with van der Waals surface area (Å²) >= 11 is 0. The minimum absolute atomic E-state index is 0.0730. The molecule has 1 heterocycles. The summed E-state index contributed by atoms with van der Waals surface area (Å²) < 4.78 is 0. The van der Waals surface area contributed by atoms with Gasteiger partial charge in [-0.15, -0.1) is 6.58 Å². The van der Waals surface area contributed by atoms with Gasteiger partial charge in [-0.05, 0) is 13.3 Å². The van der Waals surface area contributed by atoms with Gasteiger partial charge < -0.3 is 5.73 Å². The quantitative estimate of drug-likeness (QED) is 0.675. The van der Waals surface area contributed by atoms with Crippen LogP contribution in [0.2, 0.25) is 0 Å². The predicted octanol–water partition coefficient (Wildman–Crippen LogP) is 0.781. The largest absolute Gasteiger partial charge is 0.322 e. The van der Waals surface area contributed by atoms with E-state index < -0.39 is 0 Å². The lowest BCUT2D eigenvalue weighted by molar-refractivity contribution is 0.617. The van der Waals surface area contributed by atoms with E-state index in [1.54, 1.807) is 13.2 Å². The molecule has 0 aliphatic heterocycles. The third-order valence-corrected chi connectivity index (χ3v) is 1.57. The van der Waals surface area contributed by atoms with Gasteiger partial charge in [-0.2, -0.15) is 15.0 Å². The summed E-state index contributed by atoms with van der Waals surface area (Å²) in [6.45, 7) is 5.75. The zero-order chi connectivity index (χ0) is 9.14. The molecule has 1 aromatic rings. The molecular weight excluding hydrogens is 152 g/mol. The SMILES string of the molecule is C=C(C)CC(N)c1cnn(C)n1. The summed E-state index contributed by atoms with van der Waals surface area (Å²) in [5, 5.41) is 8.04. The predicted molar refractivity (Wildman–Crippen MR) is 47.4 cm³/mol. The van der Waals surface area contributed by atoms with E-state index >= 15 is 0 Å². The lowest BCUT2D eigenvalue weighted by atomic mass is 10.1. The van der Waals surface area contributed by atoms with Crippen molar-refractivity contribution in [1.29, 1.82) is 0 Å². The first-order valence-corrected chi connectivity index (χ1v) is 3.86. The third kappa shape index (κ3) is 2.17. The lowest BCUT2D eigenvalue weighted by Gasteiger charge is -2.06. The molecule has 0 radical (unpaired) electrons. The smallest absolute Gasteiger partial charge is 0.0997 e. The van der Waals surface area contributed by atoms with Gasteiger partial charge in [0.25, 0.3) is 0 Å². The van der Waals surface area contributed by atoms with Gasteiger partial charge in [-0.3, -0.25) is 0 Å². The Morgan fingerprint density at radius 3 is 2.92 bits per heavy atom. The number of nitrogens with two attached hydrogens (primary N) is 1. The highest BCUT2D eigenvalue weighted by Crippen LogP contribution is 2.13. The van der Waals surface area contributed by atoms with Crippen molar-refractivity contribution in [3.8, 4) is 0 Å². The summed E-state index contributed by atoms with van der Waals surface area (Å²) in [4.78, 5) is 1.51. The minimum Gasteiger partial charge on any atom is -0.322 e. The number of nitrogens with zero attached hydrogens (tertiary/aromatic N) is 3. The van der Waals surface area contributed by atoms with Gasteiger partial charge in [0.05, 0.1) is 17.9 Å². The van der Waals surface area contributed by atoms with E-state index in [4.69, 9.17) is 5.73 Å². The lowest BCUT2D eigenvalue weighted by Crippen LogP contribution is -2.11. The van der Waals surface area contributed by atoms with Crippen molar-refractivity contribution in [2.24, 2.45) is 12.8 Å². The second-order valence-corrected chi connectivity index (χ2v) is 3.03. The summed E-state index contributed by atoms with van der Waals surface area (Å²) in [5.74, 6) is 0. The van der Waals surface area contributed by atoms with Crippen LogP contribution in [0.15, 0.2) is 18.3 Å². The van der Waals surface area contributed by atoms with Gasteiger partial charge in [-0.1, -0.05) is 5.57 Å². The third-order valence-electron chi connectivity index (χ3n) is 1.57. The zero-order valence-electron chi connectivity index (χ0n) is 7.49. The van der Waals surface area contributed by atoms with Gasteiger partial charge in [0.2, 0.25) is 0 Å². The number of aromatic nitrogens is 3. The van der Waals surface area contributed by atoms with E-state index in [0.29, 0.717) is 0 Å². The Hall–Kier alpha value is -1.16. The van der Waals surface area contributed by atoms with Crippen molar-refractivity contribution in [2.75, 3.05) is 0 Å². The van der Waals surface area contributed by atoms with E-state index in [0.717, 1.165) is 17.7 Å². The molecular formula is C8H14N4. The molecule has 66 valence electrons. The highest BCUT2D eigenvalue weighted by molar-refractivity contribution is 5.04. The molecule has 0 aliphatic carbocycles. The van der Waals surface area contributed by atoms with Crippen LogP contribution in [0.25, 0.3) is 0 Å². The van der Waals surface area contributed by atoms with E-state index in [1.165, 1.54) is 4.80 Å². The Kier molecular flexibility index (Phi) is 2.60. The monoisotopic (exact) mass is 166 g/mol. The fraction of sp³-hybridized carbons (Fsp3) is 0.500. The van der Waals surface area contributed by atoms with Gasteiger partial charge >= 0.3 is 0 Å². The second-order valence-electron chi connectivity index (χ2n) is 3.03. The first-order chi connectivity index (χ1) is 5.59. The number of rotatable bonds is 3. The van der Waals surface area contributed by atoms with Gasteiger partial charge in [-0.25, -0.2) is 0 Å². The first kappa shape index (κ1) is 8.93. The molecule has 4 nitrogen and oxygen atoms in total. The van der Waals surface area contributed by atoms with E-state index in [2.05, 4.69) is 16.8 Å². The van der Waals surface area contributed by atoms with Crippen LogP contribution >= 0.6 is 0 Å². The molecule has 1 rings (SSSR count). The molecule has 1 atom stereocenters. The molecule has 0 spiro atoms. The fourth-order valence-corrected chi connectivity index (χ4v) is 1.01. The Bertz CT molecular complexity index is 276. The van der Waals surface area contributed by atoms with E-state index in [-0.39, 0.29) is 6.04 Å². The van der Waals surface area contributed by atoms with Crippen molar-refractivity contribution in [3.05, 3.63) is 24.0 Å². The number of hydrogen-bond acceptors (Lipinski definition) is 3. The molecule has 2 N–H and O–H groups in total. The van der Waals surface area contributed by atoms with Crippen molar-refractivity contribution in [3.63, 3.8) is 0 Å². The maximum Gasteiger partial charge on any atom is 0.0997 e. The average molecular weight is 166 g/mol. The average Bonchev–Trinajstić information content (AvgIpc) is 2.34. The summed E-state index contributed by atoms with van der Waals surface area (Å²) in [6, 6.07) is -0.0730. The molecule has 0 aromatic carbocycles. The van der Waals surface area contributed by atoms with Crippen LogP contribution in [0.4, 0.5) is 0 Å². The van der Waals surface area contributed by atoms with Crippen LogP contribution in [-0.4, -0.2) is 15.0 Å². The van der Waals surface area contributed by atoms with Crippen molar-refractivity contribution in [2.45, 2.75) is 19.4 Å². The summed E-state index contributed by atoms with van der Waals surface area (Å²) in [7, 11) is 1.77. The van der Waals surface area contributed by atoms with Crippen LogP contribution in [0.5, 0.6) is 0 Å². The van der Waals surface area contributed by atoms with Crippen LogP contribution in [0.3, 0.4) is 0 Å². The molecule has 4 heteroatoms. The molecule has 0 fully saturated rings. The minimum atomic E-state index is -0.0730. The van der Waals surface area contributed by atoms with Crippen LogP contribution in [0, 0.1) is 0 Å². The molecule has 12 heavy (non-hydrogen) atoms. The van der Waals surface area contributed by atoms with E-state index in [9.17, 15) is 0 Å². The first-order valence-electron chi connectivity index (χ1n) is 3.86. The number of hydrogen-bond donors (Lipinski definition) is 1. The van der Waals surface area contributed by atoms with Crippen molar-refractivity contribution >= 4 is 0 Å². The van der Waals surface area contributed by atoms with Gasteiger partial charge in [0.1, 0.15) is 0 Å².